The van der Waals surface area contributed by atoms with Crippen LogP contribution in [-0.4, -0.2) is 41.8 Å². The second-order valence-corrected chi connectivity index (χ2v) is 9.62. The summed E-state index contributed by atoms with van der Waals surface area (Å²) in [6.07, 6.45) is 3.86. The Morgan fingerprint density at radius 1 is 0.971 bits per heavy atom. The first kappa shape index (κ1) is 24.8. The molecule has 1 fully saturated rings. The zero-order valence-electron chi connectivity index (χ0n) is 20.2. The zero-order valence-corrected chi connectivity index (χ0v) is 20.2. The van der Waals surface area contributed by atoms with E-state index in [9.17, 15) is 14.4 Å². The largest absolute Gasteiger partial charge is 0.481 e. The summed E-state index contributed by atoms with van der Waals surface area (Å²) >= 11 is 0. The first-order chi connectivity index (χ1) is 17.0. The maximum absolute atomic E-state index is 12.8. The van der Waals surface area contributed by atoms with Crippen molar-refractivity contribution in [1.82, 2.24) is 10.6 Å². The third-order valence-corrected chi connectivity index (χ3v) is 7.19. The molecule has 1 saturated carbocycles. The number of nitrogens with one attached hydrogen (secondary N) is 2. The van der Waals surface area contributed by atoms with Gasteiger partial charge in [-0.15, -0.1) is 0 Å². The lowest BCUT2D eigenvalue weighted by atomic mass is 9.78. The summed E-state index contributed by atoms with van der Waals surface area (Å²) in [5.74, 6) is -0.966. The number of rotatable bonds is 11. The van der Waals surface area contributed by atoms with Gasteiger partial charge in [-0.05, 0) is 47.4 Å². The minimum Gasteiger partial charge on any atom is -0.481 e. The minimum atomic E-state index is -0.934. The second kappa shape index (κ2) is 11.4. The average molecular weight is 479 g/mol. The number of carboxylic acids is 1. The van der Waals surface area contributed by atoms with Crippen molar-refractivity contribution >= 4 is 18.0 Å². The lowest BCUT2D eigenvalue weighted by Gasteiger charge is -2.34. The Morgan fingerprint density at radius 2 is 1.60 bits per heavy atom. The molecule has 2 aromatic rings. The van der Waals surface area contributed by atoms with Crippen LogP contribution in [0.1, 0.15) is 68.9 Å². The van der Waals surface area contributed by atoms with Crippen molar-refractivity contribution in [1.29, 1.82) is 0 Å². The highest BCUT2D eigenvalue weighted by Gasteiger charge is 2.33. The van der Waals surface area contributed by atoms with Gasteiger partial charge in [-0.1, -0.05) is 68.3 Å². The van der Waals surface area contributed by atoms with Gasteiger partial charge in [-0.3, -0.25) is 9.59 Å². The summed E-state index contributed by atoms with van der Waals surface area (Å²) in [5.41, 5.74) is 4.64. The maximum atomic E-state index is 12.8. The average Bonchev–Trinajstić information content (AvgIpc) is 3.10. The van der Waals surface area contributed by atoms with Crippen molar-refractivity contribution in [2.75, 3.05) is 6.61 Å². The van der Waals surface area contributed by atoms with E-state index in [4.69, 9.17) is 9.84 Å². The van der Waals surface area contributed by atoms with Crippen LogP contribution in [0.5, 0.6) is 0 Å². The van der Waals surface area contributed by atoms with Crippen molar-refractivity contribution in [3.63, 3.8) is 0 Å². The smallest absolute Gasteiger partial charge is 0.407 e. The van der Waals surface area contributed by atoms with Gasteiger partial charge in [-0.25, -0.2) is 4.79 Å². The van der Waals surface area contributed by atoms with Crippen LogP contribution >= 0.6 is 0 Å². The number of benzene rings is 2. The number of carbonyl (C=O) groups excluding carboxylic acids is 2. The van der Waals surface area contributed by atoms with E-state index >= 15 is 0 Å². The molecule has 35 heavy (non-hydrogen) atoms. The Balaban J connectivity index is 1.36. The highest BCUT2D eigenvalue weighted by molar-refractivity contribution is 5.80. The van der Waals surface area contributed by atoms with Gasteiger partial charge >= 0.3 is 12.1 Å². The molecule has 3 N–H and O–H groups in total. The molecular formula is C28H34N2O5. The van der Waals surface area contributed by atoms with Crippen LogP contribution in [0.3, 0.4) is 0 Å². The van der Waals surface area contributed by atoms with E-state index in [2.05, 4.69) is 34.9 Å². The SMILES string of the molecule is CCC[C@H](CC(=O)O)NC(=O)CC(NC(=O)OCC1c2ccccc2-c2ccccc21)C1CCC1. The molecule has 1 unspecified atom stereocenters. The number of carbonyl (C=O) groups is 3. The molecular weight excluding hydrogens is 444 g/mol. The third kappa shape index (κ3) is 6.02. The molecule has 0 saturated heterocycles. The van der Waals surface area contributed by atoms with Crippen LogP contribution in [0.2, 0.25) is 0 Å². The molecule has 0 spiro atoms. The molecule has 7 heteroatoms. The molecule has 0 heterocycles. The van der Waals surface area contributed by atoms with Gasteiger partial charge in [0.1, 0.15) is 6.61 Å². The van der Waals surface area contributed by atoms with E-state index in [1.54, 1.807) is 0 Å². The highest BCUT2D eigenvalue weighted by atomic mass is 16.5. The van der Waals surface area contributed by atoms with Crippen LogP contribution in [0.15, 0.2) is 48.5 Å². The molecule has 0 aliphatic heterocycles. The van der Waals surface area contributed by atoms with Crippen molar-refractivity contribution in [3.8, 4) is 11.1 Å². The summed E-state index contributed by atoms with van der Waals surface area (Å²) in [4.78, 5) is 36.6. The van der Waals surface area contributed by atoms with Gasteiger partial charge in [-0.2, -0.15) is 0 Å². The quantitative estimate of drug-likeness (QED) is 0.429. The van der Waals surface area contributed by atoms with Gasteiger partial charge in [0.25, 0.3) is 0 Å². The number of hydrogen-bond acceptors (Lipinski definition) is 4. The number of alkyl carbamates (subject to hydrolysis) is 1. The van der Waals surface area contributed by atoms with E-state index in [0.717, 1.165) is 36.8 Å². The first-order valence-electron chi connectivity index (χ1n) is 12.6. The lowest BCUT2D eigenvalue weighted by Crippen LogP contribution is -2.47. The molecule has 0 radical (unpaired) electrons. The number of aliphatic carboxylic acids is 1. The molecule has 7 nitrogen and oxygen atoms in total. The van der Waals surface area contributed by atoms with Crippen LogP contribution in [-0.2, 0) is 14.3 Å². The van der Waals surface area contributed by atoms with Crippen LogP contribution in [0.4, 0.5) is 4.79 Å². The molecule has 2 atom stereocenters. The Bertz CT molecular complexity index is 1020. The van der Waals surface area contributed by atoms with E-state index in [-0.39, 0.29) is 43.2 Å². The van der Waals surface area contributed by atoms with Crippen molar-refractivity contribution in [3.05, 3.63) is 59.7 Å². The molecule has 2 aromatic carbocycles. The fraction of sp³-hybridized carbons (Fsp3) is 0.464. The number of hydrogen-bond donors (Lipinski definition) is 3. The number of ether oxygens (including phenoxy) is 1. The van der Waals surface area contributed by atoms with Crippen LogP contribution < -0.4 is 10.6 Å². The minimum absolute atomic E-state index is 0.0237. The van der Waals surface area contributed by atoms with Gasteiger partial charge in [0.15, 0.2) is 0 Å². The van der Waals surface area contributed by atoms with Crippen LogP contribution in [0.25, 0.3) is 11.1 Å². The normalized spacial score (nSPS) is 16.4. The van der Waals surface area contributed by atoms with Crippen molar-refractivity contribution in [2.24, 2.45) is 5.92 Å². The van der Waals surface area contributed by atoms with Crippen molar-refractivity contribution < 1.29 is 24.2 Å². The number of amides is 2. The fourth-order valence-electron chi connectivity index (χ4n) is 5.24. The van der Waals surface area contributed by atoms with Crippen LogP contribution in [0, 0.1) is 5.92 Å². The number of fused-ring (bicyclic) bond motifs is 3. The molecule has 2 aliphatic carbocycles. The molecule has 186 valence electrons. The summed E-state index contributed by atoms with van der Waals surface area (Å²) in [5, 5.41) is 14.9. The summed E-state index contributed by atoms with van der Waals surface area (Å²) in [6.45, 7) is 2.18. The Labute approximate surface area is 206 Å². The molecule has 2 aliphatic rings. The van der Waals surface area contributed by atoms with Gasteiger partial charge in [0.2, 0.25) is 5.91 Å². The van der Waals surface area contributed by atoms with E-state index < -0.39 is 18.1 Å². The standard InChI is InChI=1S/C28H34N2O5/c1-2-8-19(15-27(32)33)29-26(31)16-25(18-9-7-10-18)30-28(34)35-17-24-22-13-5-3-11-20(22)21-12-4-6-14-23(21)24/h3-6,11-14,18-19,24-25H,2,7-10,15-17H2,1H3,(H,29,31)(H,30,34)(H,32,33)/t19-,25?/m1/s1. The zero-order chi connectivity index (χ0) is 24.8. The third-order valence-electron chi connectivity index (χ3n) is 7.19. The molecule has 0 bridgehead atoms. The predicted octanol–water partition coefficient (Wildman–Crippen LogP) is 4.84. The maximum Gasteiger partial charge on any atom is 0.407 e. The lowest BCUT2D eigenvalue weighted by molar-refractivity contribution is -0.137. The van der Waals surface area contributed by atoms with Crippen molar-refractivity contribution in [2.45, 2.75) is 69.9 Å². The summed E-state index contributed by atoms with van der Waals surface area (Å²) < 4.78 is 5.68. The Kier molecular flexibility index (Phi) is 8.06. The Hall–Kier alpha value is -3.35. The molecule has 2 amide bonds. The molecule has 4 rings (SSSR count). The van der Waals surface area contributed by atoms with E-state index in [1.807, 2.05) is 31.2 Å². The van der Waals surface area contributed by atoms with Gasteiger partial charge in [0.05, 0.1) is 6.42 Å². The van der Waals surface area contributed by atoms with E-state index in [1.165, 1.54) is 11.1 Å². The first-order valence-corrected chi connectivity index (χ1v) is 12.6. The second-order valence-electron chi connectivity index (χ2n) is 9.62. The van der Waals surface area contributed by atoms with Gasteiger partial charge in [0, 0.05) is 24.4 Å². The van der Waals surface area contributed by atoms with Gasteiger partial charge < -0.3 is 20.5 Å². The molecule has 0 aromatic heterocycles. The predicted molar refractivity (Wildman–Crippen MR) is 133 cm³/mol. The summed E-state index contributed by atoms with van der Waals surface area (Å²) in [7, 11) is 0. The Morgan fingerprint density at radius 3 is 2.14 bits per heavy atom. The topological polar surface area (TPSA) is 105 Å². The fourth-order valence-corrected chi connectivity index (χ4v) is 5.24. The number of carboxylic acid groups (broad SMARTS) is 1. The highest BCUT2D eigenvalue weighted by Crippen LogP contribution is 2.44. The summed E-state index contributed by atoms with van der Waals surface area (Å²) in [6, 6.07) is 15.6. The van der Waals surface area contributed by atoms with E-state index in [0.29, 0.717) is 6.42 Å². The monoisotopic (exact) mass is 478 g/mol.